The van der Waals surface area contributed by atoms with E-state index in [4.69, 9.17) is 4.98 Å². The highest BCUT2D eigenvalue weighted by Gasteiger charge is 2.15. The summed E-state index contributed by atoms with van der Waals surface area (Å²) in [7, 11) is 0. The predicted octanol–water partition coefficient (Wildman–Crippen LogP) is 6.25. The van der Waals surface area contributed by atoms with E-state index in [-0.39, 0.29) is 11.7 Å². The molecule has 0 unspecified atom stereocenters. The fourth-order valence-corrected chi connectivity index (χ4v) is 5.41. The van der Waals surface area contributed by atoms with Gasteiger partial charge in [-0.1, -0.05) is 24.3 Å². The van der Waals surface area contributed by atoms with Crippen LogP contribution in [0.2, 0.25) is 0 Å². The Morgan fingerprint density at radius 3 is 2.60 bits per heavy atom. The Hall–Kier alpha value is -2.35. The molecule has 4 aromatic rings. The van der Waals surface area contributed by atoms with Gasteiger partial charge in [0, 0.05) is 26.7 Å². The van der Waals surface area contributed by atoms with Crippen LogP contribution >= 0.6 is 34.9 Å². The molecule has 0 spiro atoms. The van der Waals surface area contributed by atoms with Gasteiger partial charge in [-0.25, -0.2) is 9.37 Å². The van der Waals surface area contributed by atoms with Crippen molar-refractivity contribution in [2.45, 2.75) is 16.5 Å². The van der Waals surface area contributed by atoms with Crippen LogP contribution in [0.25, 0.3) is 10.9 Å². The highest BCUT2D eigenvalue weighted by atomic mass is 32.2. The van der Waals surface area contributed by atoms with E-state index in [0.717, 1.165) is 37.2 Å². The molecule has 1 amide bonds. The highest BCUT2D eigenvalue weighted by Crippen LogP contribution is 2.27. The van der Waals surface area contributed by atoms with E-state index in [1.807, 2.05) is 47.8 Å². The van der Waals surface area contributed by atoms with Crippen LogP contribution in [0.5, 0.6) is 0 Å². The fourth-order valence-electron chi connectivity index (χ4n) is 2.88. The second-order valence-electron chi connectivity index (χ2n) is 6.45. The predicted molar refractivity (Wildman–Crippen MR) is 125 cm³/mol. The van der Waals surface area contributed by atoms with E-state index < -0.39 is 0 Å². The number of fused-ring (bicyclic) bond motifs is 1. The second kappa shape index (κ2) is 10.1. The Morgan fingerprint density at radius 1 is 1.00 bits per heavy atom. The Labute approximate surface area is 187 Å². The Morgan fingerprint density at radius 2 is 1.80 bits per heavy atom. The zero-order valence-corrected chi connectivity index (χ0v) is 18.5. The maximum Gasteiger partial charge on any atom is 0.254 e. The van der Waals surface area contributed by atoms with Crippen LogP contribution in [0, 0.1) is 5.82 Å². The Bertz CT molecular complexity index is 1130. The third kappa shape index (κ3) is 5.41. The summed E-state index contributed by atoms with van der Waals surface area (Å²) >= 11 is 4.85. The topological polar surface area (TPSA) is 42.0 Å². The smallest absolute Gasteiger partial charge is 0.254 e. The molecule has 4 rings (SSSR count). The molecule has 0 aliphatic rings. The molecule has 0 aliphatic heterocycles. The Kier molecular flexibility index (Phi) is 7.04. The number of nitrogens with one attached hydrogen (secondary N) is 1. The number of carbonyl (C=O) groups is 1. The third-order valence-corrected chi connectivity index (χ3v) is 7.48. The molecule has 2 aromatic heterocycles. The number of halogens is 1. The number of thioether (sulfide) groups is 2. The minimum Gasteiger partial charge on any atom is -0.347 e. The molecule has 0 saturated carbocycles. The van der Waals surface area contributed by atoms with Crippen LogP contribution in [0.15, 0.2) is 82.0 Å². The largest absolute Gasteiger partial charge is 0.347 e. The molecule has 0 radical (unpaired) electrons. The van der Waals surface area contributed by atoms with Gasteiger partial charge < -0.3 is 5.32 Å². The van der Waals surface area contributed by atoms with Gasteiger partial charge in [-0.05, 0) is 47.8 Å². The Balaban J connectivity index is 1.46. The first-order valence-electron chi connectivity index (χ1n) is 9.40. The maximum absolute atomic E-state index is 13.0. The van der Waals surface area contributed by atoms with Gasteiger partial charge in [0.05, 0.1) is 17.6 Å². The second-order valence-corrected chi connectivity index (χ2v) is 9.73. The summed E-state index contributed by atoms with van der Waals surface area (Å²) < 4.78 is 13.0. The number of hydrogen-bond donors (Lipinski definition) is 1. The summed E-state index contributed by atoms with van der Waals surface area (Å²) in [4.78, 5) is 19.8. The van der Waals surface area contributed by atoms with E-state index >= 15 is 0 Å². The lowest BCUT2D eigenvalue weighted by Gasteiger charge is -2.11. The van der Waals surface area contributed by atoms with Crippen LogP contribution in [0.3, 0.4) is 0 Å². The molecule has 3 nitrogen and oxygen atoms in total. The van der Waals surface area contributed by atoms with E-state index in [2.05, 4.69) is 5.32 Å². The van der Waals surface area contributed by atoms with Crippen molar-refractivity contribution in [2.24, 2.45) is 0 Å². The number of amides is 1. The molecule has 0 aliphatic carbocycles. The molecule has 2 aromatic carbocycles. The van der Waals surface area contributed by atoms with E-state index in [1.165, 1.54) is 12.1 Å². The van der Waals surface area contributed by atoms with Crippen molar-refractivity contribution in [1.82, 2.24) is 10.3 Å². The van der Waals surface area contributed by atoms with Gasteiger partial charge in [0.15, 0.2) is 0 Å². The minimum absolute atomic E-state index is 0.115. The van der Waals surface area contributed by atoms with Crippen molar-refractivity contribution in [3.63, 3.8) is 0 Å². The number of pyridine rings is 1. The maximum atomic E-state index is 13.0. The number of thiophene rings is 1. The van der Waals surface area contributed by atoms with E-state index in [9.17, 15) is 9.18 Å². The number of rotatable bonds is 8. The number of para-hydroxylation sites is 1. The lowest BCUT2D eigenvalue weighted by molar-refractivity contribution is 0.0948. The first-order valence-corrected chi connectivity index (χ1v) is 12.3. The SMILES string of the molecule is O=C(NCc1cccs1)c1cc2ccccc2nc1SCCSc1ccc(F)cc1. The molecule has 0 bridgehead atoms. The summed E-state index contributed by atoms with van der Waals surface area (Å²) in [5.74, 6) is 1.28. The van der Waals surface area contributed by atoms with Crippen molar-refractivity contribution in [3.8, 4) is 0 Å². The average Bonchev–Trinajstić information content (AvgIpc) is 3.29. The third-order valence-electron chi connectivity index (χ3n) is 4.34. The molecule has 152 valence electrons. The molecule has 30 heavy (non-hydrogen) atoms. The zero-order valence-electron chi connectivity index (χ0n) is 16.0. The average molecular weight is 455 g/mol. The lowest BCUT2D eigenvalue weighted by Crippen LogP contribution is -2.23. The molecule has 1 N–H and O–H groups in total. The zero-order chi connectivity index (χ0) is 20.8. The van der Waals surface area contributed by atoms with Crippen LogP contribution in [-0.4, -0.2) is 22.4 Å². The molecular formula is C23H19FN2OS3. The first kappa shape index (κ1) is 20.9. The quantitative estimate of drug-likeness (QED) is 0.252. The van der Waals surface area contributed by atoms with Crippen molar-refractivity contribution in [1.29, 1.82) is 0 Å². The molecule has 0 fully saturated rings. The summed E-state index contributed by atoms with van der Waals surface area (Å²) in [6, 6.07) is 20.2. The van der Waals surface area contributed by atoms with Gasteiger partial charge >= 0.3 is 0 Å². The van der Waals surface area contributed by atoms with Crippen LogP contribution in [0.1, 0.15) is 15.2 Å². The highest BCUT2D eigenvalue weighted by molar-refractivity contribution is 8.03. The summed E-state index contributed by atoms with van der Waals surface area (Å²) in [5, 5.41) is 6.69. The van der Waals surface area contributed by atoms with Gasteiger partial charge in [0.2, 0.25) is 0 Å². The van der Waals surface area contributed by atoms with Crippen molar-refractivity contribution < 1.29 is 9.18 Å². The van der Waals surface area contributed by atoms with Gasteiger partial charge in [0.25, 0.3) is 5.91 Å². The number of aromatic nitrogens is 1. The van der Waals surface area contributed by atoms with Crippen LogP contribution in [0.4, 0.5) is 4.39 Å². The summed E-state index contributed by atoms with van der Waals surface area (Å²) in [5.41, 5.74) is 1.48. The molecule has 0 atom stereocenters. The molecule has 2 heterocycles. The van der Waals surface area contributed by atoms with Crippen molar-refractivity contribution in [2.75, 3.05) is 11.5 Å². The fraction of sp³-hybridized carbons (Fsp3) is 0.130. The minimum atomic E-state index is -0.229. The van der Waals surface area contributed by atoms with Crippen molar-refractivity contribution >= 4 is 51.7 Å². The van der Waals surface area contributed by atoms with Gasteiger partial charge in [-0.3, -0.25) is 4.79 Å². The van der Waals surface area contributed by atoms with Crippen LogP contribution in [-0.2, 0) is 6.54 Å². The monoisotopic (exact) mass is 454 g/mol. The van der Waals surface area contributed by atoms with Gasteiger partial charge in [-0.2, -0.15) is 0 Å². The normalized spacial score (nSPS) is 11.0. The van der Waals surface area contributed by atoms with Gasteiger partial charge in [-0.15, -0.1) is 34.9 Å². The summed E-state index contributed by atoms with van der Waals surface area (Å²) in [6.07, 6.45) is 0. The van der Waals surface area contributed by atoms with Crippen LogP contribution < -0.4 is 5.32 Å². The lowest BCUT2D eigenvalue weighted by atomic mass is 10.1. The van der Waals surface area contributed by atoms with Crippen molar-refractivity contribution in [3.05, 3.63) is 88.4 Å². The number of carbonyl (C=O) groups excluding carboxylic acids is 1. The number of nitrogens with zero attached hydrogens (tertiary/aromatic N) is 1. The molecule has 0 saturated heterocycles. The molecule has 7 heteroatoms. The van der Waals surface area contributed by atoms with Gasteiger partial charge in [0.1, 0.15) is 10.8 Å². The number of hydrogen-bond acceptors (Lipinski definition) is 5. The molecular weight excluding hydrogens is 435 g/mol. The summed E-state index contributed by atoms with van der Waals surface area (Å²) in [6.45, 7) is 0.508. The first-order chi connectivity index (χ1) is 14.7. The van der Waals surface area contributed by atoms with E-state index in [1.54, 1.807) is 47.0 Å². The number of benzene rings is 2. The standard InChI is InChI=1S/C23H19FN2OS3/c24-17-7-9-18(10-8-17)29-12-13-30-23-20(14-16-4-1-2-6-21(16)26-23)22(27)25-15-19-5-3-11-28-19/h1-11,14H,12-13,15H2,(H,25,27). The van der Waals surface area contributed by atoms with E-state index in [0.29, 0.717) is 12.1 Å².